The Morgan fingerprint density at radius 3 is 2.96 bits per heavy atom. The molecule has 4 heterocycles. The molecule has 0 aromatic carbocycles. The number of aromatic nitrogens is 2. The minimum Gasteiger partial charge on any atom is -0.339 e. The minimum atomic E-state index is -0.184. The molecular formula is C14H16N4O3S2. The number of thioether (sulfide) groups is 2. The van der Waals surface area contributed by atoms with Crippen LogP contribution in [-0.4, -0.2) is 61.5 Å². The third-order valence-corrected chi connectivity index (χ3v) is 6.31. The van der Waals surface area contributed by atoms with Crippen molar-refractivity contribution in [3.05, 3.63) is 17.5 Å². The molecule has 0 N–H and O–H groups in total. The maximum absolute atomic E-state index is 12.5. The van der Waals surface area contributed by atoms with Gasteiger partial charge in [0.25, 0.3) is 5.24 Å². The first-order valence-corrected chi connectivity index (χ1v) is 9.65. The molecule has 3 aliphatic heterocycles. The van der Waals surface area contributed by atoms with Crippen molar-refractivity contribution in [3.63, 3.8) is 0 Å². The fourth-order valence-corrected chi connectivity index (χ4v) is 5.12. The lowest BCUT2D eigenvalue weighted by molar-refractivity contribution is -0.132. The van der Waals surface area contributed by atoms with Crippen LogP contribution in [0.3, 0.4) is 0 Å². The number of amides is 3. The zero-order valence-electron chi connectivity index (χ0n) is 12.4. The summed E-state index contributed by atoms with van der Waals surface area (Å²) in [6.45, 7) is 1.26. The van der Waals surface area contributed by atoms with Crippen molar-refractivity contribution >= 4 is 40.6 Å². The number of rotatable bonds is 3. The van der Waals surface area contributed by atoms with E-state index in [0.29, 0.717) is 19.5 Å². The van der Waals surface area contributed by atoms with E-state index in [9.17, 15) is 14.4 Å². The minimum absolute atomic E-state index is 0.00190. The van der Waals surface area contributed by atoms with Crippen LogP contribution in [0.4, 0.5) is 4.79 Å². The molecule has 3 amide bonds. The number of hydrogen-bond acceptors (Lipinski definition) is 6. The largest absolute Gasteiger partial charge is 0.339 e. The maximum atomic E-state index is 12.5. The molecule has 1 unspecified atom stereocenters. The Bertz CT molecular complexity index is 674. The summed E-state index contributed by atoms with van der Waals surface area (Å²) in [5, 5.41) is 4.12. The monoisotopic (exact) mass is 352 g/mol. The van der Waals surface area contributed by atoms with Crippen LogP contribution in [0.25, 0.3) is 0 Å². The molecule has 1 aromatic rings. The van der Waals surface area contributed by atoms with Crippen molar-refractivity contribution in [2.45, 2.75) is 30.5 Å². The summed E-state index contributed by atoms with van der Waals surface area (Å²) in [6, 6.07) is -0.173. The number of nitrogens with zero attached hydrogens (tertiary/aromatic N) is 4. The molecule has 4 rings (SSSR count). The van der Waals surface area contributed by atoms with Gasteiger partial charge < -0.3 is 4.90 Å². The molecule has 1 atom stereocenters. The summed E-state index contributed by atoms with van der Waals surface area (Å²) < 4.78 is 1.78. The Labute approximate surface area is 141 Å². The molecule has 122 valence electrons. The Morgan fingerprint density at radius 1 is 1.30 bits per heavy atom. The van der Waals surface area contributed by atoms with Crippen molar-refractivity contribution in [3.8, 4) is 0 Å². The molecule has 23 heavy (non-hydrogen) atoms. The van der Waals surface area contributed by atoms with Gasteiger partial charge in [-0.15, -0.1) is 0 Å². The molecule has 2 saturated heterocycles. The van der Waals surface area contributed by atoms with E-state index >= 15 is 0 Å². The first-order chi connectivity index (χ1) is 11.1. The van der Waals surface area contributed by atoms with E-state index in [0.717, 1.165) is 29.0 Å². The summed E-state index contributed by atoms with van der Waals surface area (Å²) in [4.78, 5) is 39.2. The second-order valence-corrected chi connectivity index (χ2v) is 7.78. The van der Waals surface area contributed by atoms with Gasteiger partial charge in [-0.3, -0.25) is 24.0 Å². The molecule has 0 saturated carbocycles. The van der Waals surface area contributed by atoms with Gasteiger partial charge in [-0.05, 0) is 6.42 Å². The Morgan fingerprint density at radius 2 is 2.17 bits per heavy atom. The predicted molar refractivity (Wildman–Crippen MR) is 86.9 cm³/mol. The molecule has 0 radical (unpaired) electrons. The average molecular weight is 352 g/mol. The second kappa shape index (κ2) is 5.86. The zero-order valence-corrected chi connectivity index (χ0v) is 14.1. The van der Waals surface area contributed by atoms with E-state index in [1.165, 1.54) is 10.5 Å². The number of hydrogen-bond donors (Lipinski definition) is 0. The predicted octanol–water partition coefficient (Wildman–Crippen LogP) is 0.926. The van der Waals surface area contributed by atoms with Gasteiger partial charge in [0.05, 0.1) is 23.7 Å². The van der Waals surface area contributed by atoms with Crippen LogP contribution in [0.1, 0.15) is 17.7 Å². The topological polar surface area (TPSA) is 75.5 Å². The van der Waals surface area contributed by atoms with Gasteiger partial charge in [-0.2, -0.15) is 16.9 Å². The summed E-state index contributed by atoms with van der Waals surface area (Å²) in [5.74, 6) is 1.95. The van der Waals surface area contributed by atoms with Crippen molar-refractivity contribution in [1.29, 1.82) is 0 Å². The number of likely N-dealkylation sites (tertiary alicyclic amines) is 1. The van der Waals surface area contributed by atoms with Crippen LogP contribution in [-0.2, 0) is 27.6 Å². The van der Waals surface area contributed by atoms with Crippen LogP contribution in [0.2, 0.25) is 0 Å². The molecule has 1 aromatic heterocycles. The molecule has 0 aliphatic carbocycles. The van der Waals surface area contributed by atoms with E-state index < -0.39 is 0 Å². The number of fused-ring (bicyclic) bond motifs is 1. The van der Waals surface area contributed by atoms with E-state index in [4.69, 9.17) is 0 Å². The average Bonchev–Trinajstić information content (AvgIpc) is 3.25. The van der Waals surface area contributed by atoms with Crippen LogP contribution < -0.4 is 0 Å². The number of imide groups is 1. The maximum Gasteiger partial charge on any atom is 0.289 e. The molecule has 0 bridgehead atoms. The fourth-order valence-electron chi connectivity index (χ4n) is 3.26. The highest BCUT2D eigenvalue weighted by molar-refractivity contribution is 8.14. The molecule has 0 spiro atoms. The second-order valence-electron chi connectivity index (χ2n) is 5.87. The molecular weight excluding hydrogens is 336 g/mol. The van der Waals surface area contributed by atoms with E-state index in [-0.39, 0.29) is 35.4 Å². The van der Waals surface area contributed by atoms with Crippen LogP contribution in [0, 0.1) is 0 Å². The number of carbonyl (C=O) groups is 3. The SMILES string of the molecule is O=C(Cn1ncc2c1CSC2)N1CCC(N2C(=O)CSC2=O)C1. The summed E-state index contributed by atoms with van der Waals surface area (Å²) in [5.41, 5.74) is 2.35. The van der Waals surface area contributed by atoms with Gasteiger partial charge in [0.15, 0.2) is 0 Å². The summed E-state index contributed by atoms with van der Waals surface area (Å²) >= 11 is 2.88. The summed E-state index contributed by atoms with van der Waals surface area (Å²) in [7, 11) is 0. The van der Waals surface area contributed by atoms with Gasteiger partial charge in [0.2, 0.25) is 11.8 Å². The number of carbonyl (C=O) groups excluding carboxylic acids is 3. The standard InChI is InChI=1S/C14H16N4O3S2/c19-12(5-17-11-7-22-6-9(11)3-15-17)16-2-1-10(4-16)18-13(20)8-23-14(18)21/h3,10H,1-2,4-8H2. The van der Waals surface area contributed by atoms with Crippen molar-refractivity contribution in [2.24, 2.45) is 0 Å². The van der Waals surface area contributed by atoms with Crippen LogP contribution in [0.15, 0.2) is 6.20 Å². The third kappa shape index (κ3) is 2.65. The molecule has 7 nitrogen and oxygen atoms in total. The van der Waals surface area contributed by atoms with Gasteiger partial charge in [-0.25, -0.2) is 0 Å². The highest BCUT2D eigenvalue weighted by Gasteiger charge is 2.40. The normalized spacial score (nSPS) is 23.9. The van der Waals surface area contributed by atoms with Gasteiger partial charge in [-0.1, -0.05) is 11.8 Å². The van der Waals surface area contributed by atoms with E-state index in [1.54, 1.807) is 9.58 Å². The quantitative estimate of drug-likeness (QED) is 0.805. The third-order valence-electron chi connectivity index (χ3n) is 4.48. The Hall–Kier alpha value is -1.48. The molecule has 3 aliphatic rings. The van der Waals surface area contributed by atoms with Gasteiger partial charge in [0.1, 0.15) is 6.54 Å². The Kier molecular flexibility index (Phi) is 3.84. The van der Waals surface area contributed by atoms with E-state index in [2.05, 4.69) is 5.10 Å². The van der Waals surface area contributed by atoms with Gasteiger partial charge in [0, 0.05) is 30.2 Å². The van der Waals surface area contributed by atoms with Crippen molar-refractivity contribution < 1.29 is 14.4 Å². The van der Waals surface area contributed by atoms with Crippen LogP contribution >= 0.6 is 23.5 Å². The van der Waals surface area contributed by atoms with Crippen LogP contribution in [0.5, 0.6) is 0 Å². The first kappa shape index (κ1) is 15.1. The van der Waals surface area contributed by atoms with Gasteiger partial charge >= 0.3 is 0 Å². The van der Waals surface area contributed by atoms with Crippen molar-refractivity contribution in [2.75, 3.05) is 18.8 Å². The summed E-state index contributed by atoms with van der Waals surface area (Å²) in [6.07, 6.45) is 2.50. The highest BCUT2D eigenvalue weighted by atomic mass is 32.2. The fraction of sp³-hybridized carbons (Fsp3) is 0.571. The molecule has 9 heteroatoms. The zero-order chi connectivity index (χ0) is 16.0. The molecule has 2 fully saturated rings. The highest BCUT2D eigenvalue weighted by Crippen LogP contribution is 2.30. The first-order valence-electron chi connectivity index (χ1n) is 7.51. The van der Waals surface area contributed by atoms with Crippen molar-refractivity contribution in [1.82, 2.24) is 19.6 Å². The Balaban J connectivity index is 1.40. The lowest BCUT2D eigenvalue weighted by Gasteiger charge is -2.22. The lowest BCUT2D eigenvalue weighted by atomic mass is 10.2. The smallest absolute Gasteiger partial charge is 0.289 e. The lowest BCUT2D eigenvalue weighted by Crippen LogP contribution is -2.42. The van der Waals surface area contributed by atoms with E-state index in [1.807, 2.05) is 18.0 Å².